The molecule has 0 fully saturated rings. The number of amidine groups is 1. The Morgan fingerprint density at radius 1 is 1.05 bits per heavy atom. The van der Waals surface area contributed by atoms with E-state index in [1.165, 1.54) is 0 Å². The Hall–Kier alpha value is -2.74. The van der Waals surface area contributed by atoms with Gasteiger partial charge in [-0.3, -0.25) is 10.1 Å². The summed E-state index contributed by atoms with van der Waals surface area (Å²) in [7, 11) is -4.01. The van der Waals surface area contributed by atoms with E-state index < -0.39 is 14.9 Å². The minimum absolute atomic E-state index is 0.144. The molecule has 2 aromatic rings. The van der Waals surface area contributed by atoms with Crippen molar-refractivity contribution in [2.45, 2.75) is 4.90 Å². The van der Waals surface area contributed by atoms with Crippen LogP contribution in [-0.2, 0) is 10.0 Å². The van der Waals surface area contributed by atoms with Gasteiger partial charge in [0, 0.05) is 17.7 Å². The standard InChI is InChI=1S/C13H11N3O4S/c14-13(10-4-2-1-3-5-10)15-21(19,20)12-8-6-11(7-9-12)16(17)18/h1-9H,(H2,14,15). The van der Waals surface area contributed by atoms with Crippen LogP contribution in [0.4, 0.5) is 5.69 Å². The lowest BCUT2D eigenvalue weighted by molar-refractivity contribution is -0.384. The molecule has 0 spiro atoms. The van der Waals surface area contributed by atoms with Crippen molar-refractivity contribution in [3.63, 3.8) is 0 Å². The average Bonchev–Trinajstić information content (AvgIpc) is 2.48. The zero-order valence-electron chi connectivity index (χ0n) is 10.7. The monoisotopic (exact) mass is 305 g/mol. The summed E-state index contributed by atoms with van der Waals surface area (Å²) in [6.45, 7) is 0. The number of hydrogen-bond acceptors (Lipinski definition) is 4. The van der Waals surface area contributed by atoms with Crippen molar-refractivity contribution in [2.24, 2.45) is 10.1 Å². The van der Waals surface area contributed by atoms with Crippen molar-refractivity contribution in [3.05, 3.63) is 70.3 Å². The van der Waals surface area contributed by atoms with E-state index in [4.69, 9.17) is 5.73 Å². The first-order valence-corrected chi connectivity index (χ1v) is 7.24. The third-order valence-electron chi connectivity index (χ3n) is 2.63. The van der Waals surface area contributed by atoms with Gasteiger partial charge in [0.05, 0.1) is 9.82 Å². The molecular formula is C13H11N3O4S. The van der Waals surface area contributed by atoms with Crippen molar-refractivity contribution in [2.75, 3.05) is 0 Å². The molecule has 0 bridgehead atoms. The predicted molar refractivity (Wildman–Crippen MR) is 77.4 cm³/mol. The third-order valence-corrected chi connectivity index (χ3v) is 3.94. The number of hydrogen-bond donors (Lipinski definition) is 1. The molecule has 8 heteroatoms. The molecule has 7 nitrogen and oxygen atoms in total. The molecule has 21 heavy (non-hydrogen) atoms. The molecule has 0 aliphatic heterocycles. The minimum Gasteiger partial charge on any atom is -0.383 e. The fourth-order valence-electron chi connectivity index (χ4n) is 1.58. The molecule has 0 atom stereocenters. The zero-order valence-corrected chi connectivity index (χ0v) is 11.5. The quantitative estimate of drug-likeness (QED) is 0.399. The molecule has 0 amide bonds. The summed E-state index contributed by atoms with van der Waals surface area (Å²) in [4.78, 5) is 9.76. The highest BCUT2D eigenvalue weighted by Crippen LogP contribution is 2.18. The summed E-state index contributed by atoms with van der Waals surface area (Å²) >= 11 is 0. The minimum atomic E-state index is -4.01. The molecule has 2 N–H and O–H groups in total. The number of nitro groups is 1. The van der Waals surface area contributed by atoms with E-state index in [0.29, 0.717) is 5.56 Å². The number of nitro benzene ring substituents is 1. The predicted octanol–water partition coefficient (Wildman–Crippen LogP) is 1.69. The second-order valence-corrected chi connectivity index (χ2v) is 5.67. The maximum atomic E-state index is 12.1. The lowest BCUT2D eigenvalue weighted by Crippen LogP contribution is -2.16. The van der Waals surface area contributed by atoms with Gasteiger partial charge in [0.1, 0.15) is 5.84 Å². The lowest BCUT2D eigenvalue weighted by Gasteiger charge is -2.02. The molecule has 0 saturated carbocycles. The third kappa shape index (κ3) is 3.42. The molecule has 0 unspecified atom stereocenters. The molecule has 0 heterocycles. The number of benzene rings is 2. The molecule has 0 radical (unpaired) electrons. The lowest BCUT2D eigenvalue weighted by atomic mass is 10.2. The maximum absolute atomic E-state index is 12.1. The van der Waals surface area contributed by atoms with Gasteiger partial charge < -0.3 is 5.73 Å². The van der Waals surface area contributed by atoms with Crippen molar-refractivity contribution in [1.29, 1.82) is 0 Å². The summed E-state index contributed by atoms with van der Waals surface area (Å²) in [6, 6.07) is 12.9. The first-order chi connectivity index (χ1) is 9.90. The summed E-state index contributed by atoms with van der Waals surface area (Å²) in [5.74, 6) is -0.144. The van der Waals surface area contributed by atoms with Gasteiger partial charge in [-0.15, -0.1) is 4.40 Å². The van der Waals surface area contributed by atoms with Crippen molar-refractivity contribution in [1.82, 2.24) is 0 Å². The number of nitrogens with zero attached hydrogens (tertiary/aromatic N) is 2. The molecule has 0 aliphatic carbocycles. The van der Waals surface area contributed by atoms with Crippen molar-refractivity contribution < 1.29 is 13.3 Å². The van der Waals surface area contributed by atoms with Gasteiger partial charge in [-0.2, -0.15) is 8.42 Å². The van der Waals surface area contributed by atoms with E-state index in [1.807, 2.05) is 0 Å². The van der Waals surface area contributed by atoms with Crippen LogP contribution in [0, 0.1) is 10.1 Å². The highest BCUT2D eigenvalue weighted by Gasteiger charge is 2.16. The van der Waals surface area contributed by atoms with Crippen LogP contribution in [0.15, 0.2) is 63.9 Å². The zero-order chi connectivity index (χ0) is 15.5. The van der Waals surface area contributed by atoms with E-state index >= 15 is 0 Å². The van der Waals surface area contributed by atoms with Gasteiger partial charge >= 0.3 is 0 Å². The molecule has 0 aliphatic rings. The van der Waals surface area contributed by atoms with Gasteiger partial charge in [-0.25, -0.2) is 0 Å². The van der Waals surface area contributed by atoms with Gasteiger partial charge in [0.15, 0.2) is 0 Å². The topological polar surface area (TPSA) is 116 Å². The van der Waals surface area contributed by atoms with Crippen LogP contribution in [0.2, 0.25) is 0 Å². The van der Waals surface area contributed by atoms with E-state index in [2.05, 4.69) is 4.40 Å². The first kappa shape index (κ1) is 14.7. The Morgan fingerprint density at radius 3 is 2.14 bits per heavy atom. The highest BCUT2D eigenvalue weighted by molar-refractivity contribution is 7.90. The van der Waals surface area contributed by atoms with E-state index in [-0.39, 0.29) is 16.4 Å². The van der Waals surface area contributed by atoms with Crippen molar-refractivity contribution >= 4 is 21.5 Å². The Labute approximate surface area is 121 Å². The number of non-ortho nitro benzene ring substituents is 1. The summed E-state index contributed by atoms with van der Waals surface area (Å²) in [5.41, 5.74) is 5.93. The van der Waals surface area contributed by atoms with E-state index in [9.17, 15) is 18.5 Å². The van der Waals surface area contributed by atoms with Crippen LogP contribution in [-0.4, -0.2) is 19.2 Å². The fourth-order valence-corrected chi connectivity index (χ4v) is 2.53. The average molecular weight is 305 g/mol. The Kier molecular flexibility index (Phi) is 3.99. The molecule has 108 valence electrons. The second-order valence-electron chi connectivity index (χ2n) is 4.07. The van der Waals surface area contributed by atoms with Gasteiger partial charge in [-0.1, -0.05) is 30.3 Å². The summed E-state index contributed by atoms with van der Waals surface area (Å²) in [6.07, 6.45) is 0. The maximum Gasteiger partial charge on any atom is 0.284 e. The second kappa shape index (κ2) is 5.71. The molecule has 2 rings (SSSR count). The van der Waals surface area contributed by atoms with Crippen molar-refractivity contribution in [3.8, 4) is 0 Å². The molecule has 2 aromatic carbocycles. The van der Waals surface area contributed by atoms with E-state index in [1.54, 1.807) is 30.3 Å². The smallest absolute Gasteiger partial charge is 0.284 e. The van der Waals surface area contributed by atoms with Gasteiger partial charge in [0.2, 0.25) is 0 Å². The largest absolute Gasteiger partial charge is 0.383 e. The summed E-state index contributed by atoms with van der Waals surface area (Å²) < 4.78 is 27.6. The van der Waals surface area contributed by atoms with Crippen LogP contribution in [0.25, 0.3) is 0 Å². The van der Waals surface area contributed by atoms with Crippen LogP contribution in [0.5, 0.6) is 0 Å². The van der Waals surface area contributed by atoms with Crippen LogP contribution >= 0.6 is 0 Å². The number of sulfonamides is 1. The molecular weight excluding hydrogens is 294 g/mol. The first-order valence-electron chi connectivity index (χ1n) is 5.80. The van der Waals surface area contributed by atoms with E-state index in [0.717, 1.165) is 24.3 Å². The van der Waals surface area contributed by atoms with Crippen LogP contribution in [0.1, 0.15) is 5.56 Å². The van der Waals surface area contributed by atoms with Gasteiger partial charge in [0.25, 0.3) is 15.7 Å². The summed E-state index contributed by atoms with van der Waals surface area (Å²) in [5, 5.41) is 10.5. The SMILES string of the molecule is N/C(=N\S(=O)(=O)c1ccc([N+](=O)[O-])cc1)c1ccccc1. The highest BCUT2D eigenvalue weighted by atomic mass is 32.2. The van der Waals surface area contributed by atoms with Crippen LogP contribution in [0.3, 0.4) is 0 Å². The number of rotatable bonds is 4. The molecule has 0 aromatic heterocycles. The number of nitrogens with two attached hydrogens (primary N) is 1. The normalized spacial score (nSPS) is 12.1. The molecule has 0 saturated heterocycles. The van der Waals surface area contributed by atoms with Gasteiger partial charge in [-0.05, 0) is 12.1 Å². The fraction of sp³-hybridized carbons (Fsp3) is 0. The van der Waals surface area contributed by atoms with Crippen LogP contribution < -0.4 is 5.73 Å². The Morgan fingerprint density at radius 2 is 1.62 bits per heavy atom. The Balaban J connectivity index is 2.36. The Bertz CT molecular complexity index is 784.